The number of likely N-dealkylation sites (N-methyl/N-ethyl adjacent to an activating group) is 1. The van der Waals surface area contributed by atoms with Gasteiger partial charge in [-0.1, -0.05) is 0 Å². The minimum absolute atomic E-state index is 0.829. The molecule has 0 amide bonds. The van der Waals surface area contributed by atoms with Crippen LogP contribution in [0.5, 0.6) is 0 Å². The summed E-state index contributed by atoms with van der Waals surface area (Å²) in [5.74, 6) is 0. The summed E-state index contributed by atoms with van der Waals surface area (Å²) in [6.07, 6.45) is 6.67. The number of unbranched alkanes of at least 4 members (excludes halogenated alkanes) is 1. The maximum atomic E-state index is 5.53. The first-order valence-electron chi connectivity index (χ1n) is 6.45. The summed E-state index contributed by atoms with van der Waals surface area (Å²) in [6, 6.07) is 1.70. The fraction of sp³-hybridized carbons (Fsp3) is 1.00. The largest absolute Gasteiger partial charge is 0.330 e. The van der Waals surface area contributed by atoms with Crippen molar-refractivity contribution in [3.63, 3.8) is 0 Å². The molecule has 2 fully saturated rings. The van der Waals surface area contributed by atoms with Crippen LogP contribution < -0.4 is 5.73 Å². The van der Waals surface area contributed by atoms with Crippen LogP contribution in [-0.4, -0.2) is 55.1 Å². The quantitative estimate of drug-likeness (QED) is 0.701. The number of nitrogens with zero attached hydrogens (tertiary/aromatic N) is 2. The Hall–Kier alpha value is -0.120. The molecule has 0 aromatic heterocycles. The average Bonchev–Trinajstić information content (AvgIpc) is 2.46. The topological polar surface area (TPSA) is 32.5 Å². The minimum atomic E-state index is 0.829. The van der Waals surface area contributed by atoms with Crippen molar-refractivity contribution in [2.75, 3.05) is 33.2 Å². The first-order valence-corrected chi connectivity index (χ1v) is 6.45. The molecule has 2 bridgehead atoms. The lowest BCUT2D eigenvalue weighted by atomic mass is 10.1. The van der Waals surface area contributed by atoms with E-state index < -0.39 is 0 Å². The minimum Gasteiger partial charge on any atom is -0.330 e. The lowest BCUT2D eigenvalue weighted by Gasteiger charge is -2.25. The third-order valence-electron chi connectivity index (χ3n) is 4.16. The molecule has 0 aromatic rings. The zero-order valence-corrected chi connectivity index (χ0v) is 9.99. The predicted molar refractivity (Wildman–Crippen MR) is 63.9 cm³/mol. The van der Waals surface area contributed by atoms with Crippen LogP contribution in [0.25, 0.3) is 0 Å². The molecule has 2 heterocycles. The van der Waals surface area contributed by atoms with E-state index in [2.05, 4.69) is 16.8 Å². The molecular weight excluding hydrogens is 186 g/mol. The molecule has 0 spiro atoms. The van der Waals surface area contributed by atoms with Gasteiger partial charge in [-0.2, -0.15) is 0 Å². The fourth-order valence-electron chi connectivity index (χ4n) is 3.06. The molecule has 0 aliphatic carbocycles. The third-order valence-corrected chi connectivity index (χ3v) is 4.16. The number of nitrogens with two attached hydrogens (primary N) is 1. The molecule has 3 nitrogen and oxygen atoms in total. The van der Waals surface area contributed by atoms with Gasteiger partial charge in [0.1, 0.15) is 0 Å². The first kappa shape index (κ1) is 11.4. The van der Waals surface area contributed by atoms with Gasteiger partial charge in [0, 0.05) is 18.6 Å². The number of rotatable bonds is 4. The summed E-state index contributed by atoms with van der Waals surface area (Å²) in [6.45, 7) is 4.70. The first-order chi connectivity index (χ1) is 7.31. The molecule has 2 aliphatic rings. The average molecular weight is 211 g/mol. The van der Waals surface area contributed by atoms with Gasteiger partial charge in [0.05, 0.1) is 0 Å². The van der Waals surface area contributed by atoms with Crippen molar-refractivity contribution in [1.82, 2.24) is 9.80 Å². The lowest BCUT2D eigenvalue weighted by molar-refractivity contribution is 0.217. The van der Waals surface area contributed by atoms with Crippen LogP contribution in [0.4, 0.5) is 0 Å². The van der Waals surface area contributed by atoms with Crippen molar-refractivity contribution in [3.05, 3.63) is 0 Å². The van der Waals surface area contributed by atoms with Gasteiger partial charge in [0.15, 0.2) is 0 Å². The normalized spacial score (nSPS) is 33.2. The van der Waals surface area contributed by atoms with Crippen molar-refractivity contribution in [2.24, 2.45) is 5.73 Å². The highest BCUT2D eigenvalue weighted by molar-refractivity contribution is 4.90. The number of hydrogen-bond donors (Lipinski definition) is 1. The number of hydrogen-bond acceptors (Lipinski definition) is 3. The monoisotopic (exact) mass is 211 g/mol. The molecule has 3 heteroatoms. The Morgan fingerprint density at radius 1 is 1.13 bits per heavy atom. The Kier molecular flexibility index (Phi) is 4.00. The van der Waals surface area contributed by atoms with Gasteiger partial charge >= 0.3 is 0 Å². The molecule has 2 N–H and O–H groups in total. The summed E-state index contributed by atoms with van der Waals surface area (Å²) >= 11 is 0. The van der Waals surface area contributed by atoms with Gasteiger partial charge in [-0.15, -0.1) is 0 Å². The highest BCUT2D eigenvalue weighted by Gasteiger charge is 2.34. The zero-order chi connectivity index (χ0) is 10.7. The summed E-state index contributed by atoms with van der Waals surface area (Å²) < 4.78 is 0. The van der Waals surface area contributed by atoms with E-state index in [1.165, 1.54) is 51.7 Å². The molecule has 2 rings (SSSR count). The van der Waals surface area contributed by atoms with Crippen LogP contribution in [-0.2, 0) is 0 Å². The second kappa shape index (κ2) is 5.28. The van der Waals surface area contributed by atoms with Gasteiger partial charge in [0.2, 0.25) is 0 Å². The van der Waals surface area contributed by atoms with Crippen molar-refractivity contribution in [1.29, 1.82) is 0 Å². The lowest BCUT2D eigenvalue weighted by Crippen LogP contribution is -2.37. The molecular formula is C12H25N3. The van der Waals surface area contributed by atoms with Gasteiger partial charge in [-0.25, -0.2) is 0 Å². The molecule has 0 radical (unpaired) electrons. The third kappa shape index (κ3) is 2.71. The van der Waals surface area contributed by atoms with E-state index >= 15 is 0 Å². The van der Waals surface area contributed by atoms with Gasteiger partial charge in [-0.3, -0.25) is 4.90 Å². The van der Waals surface area contributed by atoms with Crippen molar-refractivity contribution < 1.29 is 0 Å². The van der Waals surface area contributed by atoms with E-state index in [9.17, 15) is 0 Å². The molecule has 88 valence electrons. The standard InChI is InChI=1S/C12H25N3/c1-14-11-4-5-12(14)10-15(9-6-11)8-3-2-7-13/h11-12H,2-10,13H2,1H3. The Balaban J connectivity index is 1.79. The summed E-state index contributed by atoms with van der Waals surface area (Å²) in [4.78, 5) is 5.26. The van der Waals surface area contributed by atoms with Crippen LogP contribution in [0.15, 0.2) is 0 Å². The van der Waals surface area contributed by atoms with Crippen molar-refractivity contribution in [2.45, 2.75) is 44.2 Å². The van der Waals surface area contributed by atoms with Crippen LogP contribution in [0.3, 0.4) is 0 Å². The van der Waals surface area contributed by atoms with E-state index in [1.54, 1.807) is 0 Å². The van der Waals surface area contributed by atoms with Crippen LogP contribution >= 0.6 is 0 Å². The summed E-state index contributed by atoms with van der Waals surface area (Å²) in [5.41, 5.74) is 5.53. The molecule has 15 heavy (non-hydrogen) atoms. The molecule has 2 unspecified atom stereocenters. The van der Waals surface area contributed by atoms with Crippen molar-refractivity contribution in [3.8, 4) is 0 Å². The highest BCUT2D eigenvalue weighted by atomic mass is 15.3. The Labute approximate surface area is 93.6 Å². The van der Waals surface area contributed by atoms with Gasteiger partial charge in [0.25, 0.3) is 0 Å². The number of fused-ring (bicyclic) bond motifs is 2. The zero-order valence-electron chi connectivity index (χ0n) is 9.99. The second-order valence-corrected chi connectivity index (χ2v) is 5.14. The van der Waals surface area contributed by atoms with E-state index in [0.29, 0.717) is 0 Å². The van der Waals surface area contributed by atoms with E-state index in [1.807, 2.05) is 0 Å². The Bertz CT molecular complexity index is 195. The maximum absolute atomic E-state index is 5.53. The van der Waals surface area contributed by atoms with Crippen LogP contribution in [0, 0.1) is 0 Å². The maximum Gasteiger partial charge on any atom is 0.0223 e. The molecule has 0 aromatic carbocycles. The van der Waals surface area contributed by atoms with Crippen LogP contribution in [0.1, 0.15) is 32.1 Å². The van der Waals surface area contributed by atoms with Crippen molar-refractivity contribution >= 4 is 0 Å². The van der Waals surface area contributed by atoms with E-state index in [4.69, 9.17) is 5.73 Å². The van der Waals surface area contributed by atoms with Gasteiger partial charge < -0.3 is 10.6 Å². The van der Waals surface area contributed by atoms with E-state index in [0.717, 1.165) is 18.6 Å². The Morgan fingerprint density at radius 3 is 2.73 bits per heavy atom. The SMILES string of the molecule is CN1C2CCC1CN(CCCCN)CC2. The summed E-state index contributed by atoms with van der Waals surface area (Å²) in [5, 5.41) is 0. The Morgan fingerprint density at radius 2 is 1.93 bits per heavy atom. The highest BCUT2D eigenvalue weighted by Crippen LogP contribution is 2.28. The molecule has 2 atom stereocenters. The summed E-state index contributed by atoms with van der Waals surface area (Å²) in [7, 11) is 2.31. The predicted octanol–water partition coefficient (Wildman–Crippen LogP) is 0.894. The molecule has 2 saturated heterocycles. The smallest absolute Gasteiger partial charge is 0.0223 e. The van der Waals surface area contributed by atoms with Crippen LogP contribution in [0.2, 0.25) is 0 Å². The second-order valence-electron chi connectivity index (χ2n) is 5.14. The van der Waals surface area contributed by atoms with E-state index in [-0.39, 0.29) is 0 Å². The molecule has 0 saturated carbocycles. The number of likely N-dealkylation sites (tertiary alicyclic amines) is 1. The van der Waals surface area contributed by atoms with Gasteiger partial charge in [-0.05, 0) is 58.8 Å². The molecule has 2 aliphatic heterocycles. The fourth-order valence-corrected chi connectivity index (χ4v) is 3.06.